The lowest BCUT2D eigenvalue weighted by molar-refractivity contribution is -0.135. The van der Waals surface area contributed by atoms with Gasteiger partial charge in [-0.15, -0.1) is 0 Å². The first kappa shape index (κ1) is 50.5. The fraction of sp³-hybridized carbons (Fsp3) is 0.544. The van der Waals surface area contributed by atoms with Gasteiger partial charge in [0.2, 0.25) is 11.8 Å². The van der Waals surface area contributed by atoms with Gasteiger partial charge in [-0.2, -0.15) is 9.97 Å². The predicted molar refractivity (Wildman–Crippen MR) is 289 cm³/mol. The molecule has 0 radical (unpaired) electrons. The number of imidazole rings is 1. The van der Waals surface area contributed by atoms with Gasteiger partial charge >= 0.3 is 11.7 Å². The number of piperazine rings is 2. The second-order valence-corrected chi connectivity index (χ2v) is 22.9. The number of ether oxygens (including phenoxy) is 1. The average Bonchev–Trinajstić information content (AvgIpc) is 3.95. The summed E-state index contributed by atoms with van der Waals surface area (Å²) >= 11 is 0. The van der Waals surface area contributed by atoms with E-state index in [2.05, 4.69) is 59.2 Å². The molecule has 17 nitrogen and oxygen atoms in total. The van der Waals surface area contributed by atoms with Crippen molar-refractivity contribution in [2.24, 2.45) is 18.4 Å². The first-order chi connectivity index (χ1) is 36.8. The number of fused-ring (bicyclic) bond motifs is 5. The molecule has 9 heterocycles. The fourth-order valence-electron chi connectivity index (χ4n) is 13.4. The third kappa shape index (κ3) is 9.76. The van der Waals surface area contributed by atoms with Crippen LogP contribution in [0.15, 0.2) is 53.5 Å². The van der Waals surface area contributed by atoms with Gasteiger partial charge in [-0.05, 0) is 129 Å². The van der Waals surface area contributed by atoms with Gasteiger partial charge in [0.1, 0.15) is 41.2 Å². The number of imide groups is 1. The average molecular weight is 1040 g/mol. The Morgan fingerprint density at radius 1 is 0.829 bits per heavy atom. The van der Waals surface area contributed by atoms with Gasteiger partial charge in [0, 0.05) is 115 Å². The molecule has 6 fully saturated rings. The molecule has 402 valence electrons. The van der Waals surface area contributed by atoms with Crippen molar-refractivity contribution in [1.82, 2.24) is 49.4 Å². The van der Waals surface area contributed by atoms with Crippen molar-refractivity contribution in [3.05, 3.63) is 76.3 Å². The second-order valence-electron chi connectivity index (χ2n) is 22.9. The van der Waals surface area contributed by atoms with Crippen LogP contribution in [0.5, 0.6) is 11.8 Å². The van der Waals surface area contributed by atoms with E-state index in [1.165, 1.54) is 12.1 Å². The minimum Gasteiger partial charge on any atom is -0.508 e. The Hall–Kier alpha value is -6.28. The summed E-state index contributed by atoms with van der Waals surface area (Å²) in [5.74, 6) is -0.598. The number of likely N-dealkylation sites (tertiary alicyclic amines) is 1. The number of halogens is 2. The van der Waals surface area contributed by atoms with Crippen LogP contribution in [-0.4, -0.2) is 159 Å². The van der Waals surface area contributed by atoms with Gasteiger partial charge in [0.25, 0.3) is 0 Å². The summed E-state index contributed by atoms with van der Waals surface area (Å²) in [4.78, 5) is 64.4. The summed E-state index contributed by atoms with van der Waals surface area (Å²) in [6.07, 6.45) is 9.09. The number of benzene rings is 3. The number of anilines is 2. The van der Waals surface area contributed by atoms with Crippen molar-refractivity contribution >= 4 is 56.0 Å². The van der Waals surface area contributed by atoms with Gasteiger partial charge in [-0.25, -0.2) is 13.6 Å². The summed E-state index contributed by atoms with van der Waals surface area (Å²) in [5.41, 5.74) is 3.39. The number of pyridine rings is 1. The molecule has 3 aromatic carbocycles. The maximum atomic E-state index is 17.1. The molecule has 2 bridgehead atoms. The van der Waals surface area contributed by atoms with Crippen LogP contribution in [0, 0.1) is 23.0 Å². The molecule has 19 heteroatoms. The van der Waals surface area contributed by atoms with Crippen molar-refractivity contribution in [1.29, 1.82) is 0 Å². The number of piperidine rings is 3. The van der Waals surface area contributed by atoms with E-state index in [9.17, 15) is 19.5 Å². The topological polar surface area (TPSA) is 169 Å². The van der Waals surface area contributed by atoms with Crippen LogP contribution < -0.4 is 30.9 Å². The lowest BCUT2D eigenvalue weighted by Gasteiger charge is -2.45. The zero-order valence-electron chi connectivity index (χ0n) is 44.0. The Morgan fingerprint density at radius 2 is 1.58 bits per heavy atom. The number of carbonyl (C=O) groups excluding carboxylic acids is 2. The molecule has 3 unspecified atom stereocenters. The summed E-state index contributed by atoms with van der Waals surface area (Å²) < 4.78 is 41.8. The van der Waals surface area contributed by atoms with Gasteiger partial charge in [-0.1, -0.05) is 19.9 Å². The minimum absolute atomic E-state index is 0.0107. The minimum atomic E-state index is -0.691. The molecule has 12 rings (SSSR count). The lowest BCUT2D eigenvalue weighted by atomic mass is 9.79. The van der Waals surface area contributed by atoms with E-state index in [1.807, 2.05) is 13.0 Å². The zero-order chi connectivity index (χ0) is 52.4. The van der Waals surface area contributed by atoms with Crippen molar-refractivity contribution in [3.63, 3.8) is 0 Å². The van der Waals surface area contributed by atoms with E-state index in [0.717, 1.165) is 128 Å². The number of aromatic hydroxyl groups is 1. The smallest absolute Gasteiger partial charge is 0.329 e. The highest BCUT2D eigenvalue weighted by Gasteiger charge is 2.37. The first-order valence-corrected chi connectivity index (χ1v) is 27.7. The van der Waals surface area contributed by atoms with E-state index in [0.29, 0.717) is 82.6 Å². The number of hydrogen-bond donors (Lipinski definition) is 3. The third-order valence-corrected chi connectivity index (χ3v) is 17.8. The largest absolute Gasteiger partial charge is 0.508 e. The first-order valence-electron chi connectivity index (χ1n) is 27.7. The molecule has 6 saturated heterocycles. The number of aryl methyl sites for hydroxylation is 2. The standard InChI is InChI=1S/C57H70F2N12O5/c1-4-41-44(58)9-5-36-27-40(72)29-42(49(36)41)51-50(59)52-43(30-60-51)53(70-32-37-6-7-38(33-70)61-37)64-55(63-52)76-26-25-66-19-15-57(2,16-20-66)34-68-23-21-67(22-24-68)31-35-13-17-69(18-14-35)39-8-10-45-47(28-39)65(3)56(75)71(45)46-11-12-48(73)62-54(46)74/h5,8-10,27-30,35,37-38,46,61,72H,4,6-7,11-26,31-34H2,1-3H3,(H,62,73,74). The molecular weight excluding hydrogens is 971 g/mol. The zero-order valence-corrected chi connectivity index (χ0v) is 44.0. The van der Waals surface area contributed by atoms with Crippen LogP contribution in [-0.2, 0) is 23.1 Å². The molecule has 3 aromatic heterocycles. The number of phenols is 1. The third-order valence-electron chi connectivity index (χ3n) is 17.8. The highest BCUT2D eigenvalue weighted by molar-refractivity contribution is 6.02. The van der Waals surface area contributed by atoms with E-state index in [4.69, 9.17) is 14.7 Å². The molecule has 76 heavy (non-hydrogen) atoms. The number of aromatic nitrogens is 5. The van der Waals surface area contributed by atoms with Gasteiger partial charge in [-0.3, -0.25) is 33.9 Å². The Bertz CT molecular complexity index is 3260. The molecule has 0 saturated carbocycles. The van der Waals surface area contributed by atoms with Gasteiger partial charge < -0.3 is 34.8 Å². The van der Waals surface area contributed by atoms with E-state index in [-0.39, 0.29) is 52.2 Å². The van der Waals surface area contributed by atoms with Gasteiger partial charge in [0.15, 0.2) is 5.82 Å². The normalized spacial score (nSPS) is 23.1. The monoisotopic (exact) mass is 1040 g/mol. The number of nitrogens with zero attached hydrogens (tertiary/aromatic N) is 10. The van der Waals surface area contributed by atoms with Crippen LogP contribution in [0.2, 0.25) is 0 Å². The van der Waals surface area contributed by atoms with E-state index < -0.39 is 17.8 Å². The summed E-state index contributed by atoms with van der Waals surface area (Å²) in [7, 11) is 1.75. The van der Waals surface area contributed by atoms with Crippen molar-refractivity contribution < 1.29 is 28.2 Å². The van der Waals surface area contributed by atoms with Crippen LogP contribution in [0.1, 0.15) is 76.8 Å². The molecule has 3 atom stereocenters. The van der Waals surface area contributed by atoms with Crippen LogP contribution in [0.3, 0.4) is 0 Å². The molecule has 0 spiro atoms. The highest BCUT2D eigenvalue weighted by atomic mass is 19.1. The van der Waals surface area contributed by atoms with Crippen molar-refractivity contribution in [2.45, 2.75) is 89.8 Å². The molecule has 3 N–H and O–H groups in total. The predicted octanol–water partition coefficient (Wildman–Crippen LogP) is 5.98. The Kier molecular flexibility index (Phi) is 13.7. The number of amides is 2. The molecular formula is C57H70F2N12O5. The second kappa shape index (κ2) is 20.6. The SMILES string of the molecule is CCc1c(F)ccc2cc(O)cc(-c3ncc4c(N5CC6CCC(C5)N6)nc(OCCN5CCC(C)(CN6CCN(CC7CCN(c8ccc9c(c8)n(C)c(=O)n9C8CCC(=O)NC8=O)CC7)CC6)CC5)nc4c3F)c12. The number of phenolic OH excluding ortho intramolecular Hbond substituents is 1. The molecule has 6 aliphatic heterocycles. The molecule has 2 amide bonds. The Labute approximate surface area is 441 Å². The van der Waals surface area contributed by atoms with Crippen molar-refractivity contribution in [2.75, 3.05) is 101 Å². The van der Waals surface area contributed by atoms with Crippen molar-refractivity contribution in [3.8, 4) is 23.0 Å². The summed E-state index contributed by atoms with van der Waals surface area (Å²) in [6.45, 7) is 17.2. The number of carbonyl (C=O) groups is 2. The number of rotatable bonds is 13. The van der Waals surface area contributed by atoms with Crippen LogP contribution in [0.4, 0.5) is 20.3 Å². The quantitative estimate of drug-likeness (QED) is 0.116. The van der Waals surface area contributed by atoms with E-state index in [1.54, 1.807) is 34.5 Å². The summed E-state index contributed by atoms with van der Waals surface area (Å²) in [6, 6.07) is 12.1. The number of hydrogen-bond acceptors (Lipinski definition) is 14. The van der Waals surface area contributed by atoms with Crippen LogP contribution in [0.25, 0.3) is 44.0 Å². The Balaban J connectivity index is 0.634. The maximum absolute atomic E-state index is 17.1. The molecule has 0 aliphatic carbocycles. The lowest BCUT2D eigenvalue weighted by Crippen LogP contribution is -2.52. The Morgan fingerprint density at radius 3 is 2.32 bits per heavy atom. The van der Waals surface area contributed by atoms with Gasteiger partial charge in [0.05, 0.1) is 16.4 Å². The number of nitrogens with one attached hydrogen (secondary N) is 2. The fourth-order valence-corrected chi connectivity index (χ4v) is 13.4. The molecule has 6 aliphatic rings. The molecule has 6 aromatic rings. The highest BCUT2D eigenvalue weighted by Crippen LogP contribution is 2.40. The van der Waals surface area contributed by atoms with E-state index >= 15 is 8.78 Å². The van der Waals surface area contributed by atoms with Crippen LogP contribution >= 0.6 is 0 Å². The summed E-state index contributed by atoms with van der Waals surface area (Å²) in [5, 5.41) is 18.4. The maximum Gasteiger partial charge on any atom is 0.329 e.